The Bertz CT molecular complexity index is 802. The number of likely N-dealkylation sites (tertiary alicyclic amines) is 1. The third-order valence-electron chi connectivity index (χ3n) is 8.88. The first kappa shape index (κ1) is 18.6. The molecule has 6 rings (SSSR count). The van der Waals surface area contributed by atoms with Gasteiger partial charge in [0.15, 0.2) is 5.79 Å². The van der Waals surface area contributed by atoms with Gasteiger partial charge in [0.25, 0.3) is 0 Å². The highest BCUT2D eigenvalue weighted by atomic mass is 16.7. The van der Waals surface area contributed by atoms with Gasteiger partial charge in [0.2, 0.25) is 0 Å². The lowest BCUT2D eigenvalue weighted by molar-refractivity contribution is -0.259. The monoisotopic (exact) mass is 399 g/mol. The second-order valence-corrected chi connectivity index (χ2v) is 10.1. The average Bonchev–Trinajstić information content (AvgIpc) is 3.14. The van der Waals surface area contributed by atoms with Gasteiger partial charge in [0.05, 0.1) is 25.9 Å². The Labute approximate surface area is 173 Å². The molecule has 1 aromatic carbocycles. The van der Waals surface area contributed by atoms with Crippen LogP contribution in [0.5, 0.6) is 5.75 Å². The molecule has 5 nitrogen and oxygen atoms in total. The van der Waals surface area contributed by atoms with E-state index in [4.69, 9.17) is 14.2 Å². The van der Waals surface area contributed by atoms with Gasteiger partial charge in [-0.05, 0) is 67.8 Å². The molecule has 2 saturated heterocycles. The molecule has 3 aliphatic carbocycles. The van der Waals surface area contributed by atoms with Crippen LogP contribution in [0.15, 0.2) is 18.2 Å². The first-order chi connectivity index (χ1) is 14.1. The number of piperidine rings is 1. The number of fused-ring (bicyclic) bond motifs is 1. The minimum atomic E-state index is -0.727. The molecule has 2 bridgehead atoms. The highest BCUT2D eigenvalue weighted by Gasteiger charge is 2.68. The van der Waals surface area contributed by atoms with Gasteiger partial charge < -0.3 is 19.3 Å². The van der Waals surface area contributed by atoms with E-state index in [-0.39, 0.29) is 11.5 Å². The third-order valence-corrected chi connectivity index (χ3v) is 8.88. The topological polar surface area (TPSA) is 51.2 Å². The van der Waals surface area contributed by atoms with Crippen LogP contribution in [0.2, 0.25) is 0 Å². The molecular formula is C24H33NO4. The molecule has 2 heterocycles. The van der Waals surface area contributed by atoms with Gasteiger partial charge in [-0.25, -0.2) is 0 Å². The summed E-state index contributed by atoms with van der Waals surface area (Å²) in [4.78, 5) is 2.63. The number of benzene rings is 1. The summed E-state index contributed by atoms with van der Waals surface area (Å²) in [5.41, 5.74) is 1.60. The Morgan fingerprint density at radius 1 is 1.17 bits per heavy atom. The van der Waals surface area contributed by atoms with Crippen LogP contribution in [0, 0.1) is 5.92 Å². The SMILES string of the molecule is COc1ccc2c(c1)[C@]13CCN(CC4CCC4)[C@H](C2)[C@]1(O)CCC1(C3)OCCO1. The second kappa shape index (κ2) is 6.43. The van der Waals surface area contributed by atoms with Gasteiger partial charge >= 0.3 is 0 Å². The minimum Gasteiger partial charge on any atom is -0.497 e. The molecule has 5 heteroatoms. The van der Waals surface area contributed by atoms with Crippen molar-refractivity contribution in [1.82, 2.24) is 4.90 Å². The maximum Gasteiger partial charge on any atom is 0.169 e. The molecule has 2 saturated carbocycles. The van der Waals surface area contributed by atoms with Gasteiger partial charge in [0.1, 0.15) is 5.75 Å². The first-order valence-corrected chi connectivity index (χ1v) is 11.5. The van der Waals surface area contributed by atoms with Gasteiger partial charge in [0, 0.05) is 30.8 Å². The summed E-state index contributed by atoms with van der Waals surface area (Å²) in [5.74, 6) is 1.17. The molecule has 0 unspecified atom stereocenters. The zero-order valence-corrected chi connectivity index (χ0v) is 17.5. The number of nitrogens with zero attached hydrogens (tertiary/aromatic N) is 1. The summed E-state index contributed by atoms with van der Waals surface area (Å²) in [6.07, 6.45) is 8.26. The number of hydrogen-bond acceptors (Lipinski definition) is 5. The van der Waals surface area contributed by atoms with Gasteiger partial charge in [-0.15, -0.1) is 0 Å². The average molecular weight is 400 g/mol. The normalized spacial score (nSPS) is 38.3. The zero-order chi connectivity index (χ0) is 19.7. The van der Waals surface area contributed by atoms with E-state index >= 15 is 0 Å². The lowest BCUT2D eigenvalue weighted by Crippen LogP contribution is -2.75. The van der Waals surface area contributed by atoms with E-state index in [9.17, 15) is 5.11 Å². The van der Waals surface area contributed by atoms with E-state index < -0.39 is 11.4 Å². The predicted octanol–water partition coefficient (Wildman–Crippen LogP) is 3.02. The molecule has 0 aromatic heterocycles. The van der Waals surface area contributed by atoms with Crippen molar-refractivity contribution in [2.75, 3.05) is 33.4 Å². The molecule has 4 fully saturated rings. The summed E-state index contributed by atoms with van der Waals surface area (Å²) in [5, 5.41) is 12.4. The van der Waals surface area contributed by atoms with Crippen molar-refractivity contribution in [1.29, 1.82) is 0 Å². The van der Waals surface area contributed by atoms with Crippen LogP contribution in [0.25, 0.3) is 0 Å². The molecule has 29 heavy (non-hydrogen) atoms. The highest BCUT2D eigenvalue weighted by Crippen LogP contribution is 2.61. The van der Waals surface area contributed by atoms with Crippen LogP contribution in [-0.2, 0) is 21.3 Å². The van der Waals surface area contributed by atoms with E-state index in [1.54, 1.807) is 7.11 Å². The van der Waals surface area contributed by atoms with Crippen LogP contribution in [-0.4, -0.2) is 60.8 Å². The van der Waals surface area contributed by atoms with Gasteiger partial charge in [-0.2, -0.15) is 0 Å². The molecule has 1 aromatic rings. The van der Waals surface area contributed by atoms with Crippen LogP contribution in [0.1, 0.15) is 56.1 Å². The zero-order valence-electron chi connectivity index (χ0n) is 17.5. The molecule has 1 N–H and O–H groups in total. The summed E-state index contributed by atoms with van der Waals surface area (Å²) >= 11 is 0. The fraction of sp³-hybridized carbons (Fsp3) is 0.750. The summed E-state index contributed by atoms with van der Waals surface area (Å²) in [6.45, 7) is 3.52. The van der Waals surface area contributed by atoms with Crippen molar-refractivity contribution in [3.63, 3.8) is 0 Å². The molecule has 0 amide bonds. The standard InChI is InChI=1S/C24H33NO4/c1-27-19-6-5-18-13-21-24(26)8-7-23(28-11-12-29-23)16-22(24,20(18)14-19)9-10-25(21)15-17-3-2-4-17/h5-6,14,17,21,26H,2-4,7-13,15-16H2,1H3/t21-,22-,24-/m1/s1. The van der Waals surface area contributed by atoms with Crippen molar-refractivity contribution in [3.8, 4) is 5.75 Å². The Hall–Kier alpha value is -1.14. The molecule has 1 spiro atoms. The first-order valence-electron chi connectivity index (χ1n) is 11.5. The number of aliphatic hydroxyl groups is 1. The van der Waals surface area contributed by atoms with Crippen molar-refractivity contribution in [2.24, 2.45) is 5.92 Å². The molecule has 2 aliphatic heterocycles. The largest absolute Gasteiger partial charge is 0.497 e. The van der Waals surface area contributed by atoms with Crippen LogP contribution in [0.4, 0.5) is 0 Å². The fourth-order valence-corrected chi connectivity index (χ4v) is 7.15. The molecule has 3 atom stereocenters. The smallest absolute Gasteiger partial charge is 0.169 e. The highest BCUT2D eigenvalue weighted by molar-refractivity contribution is 5.49. The van der Waals surface area contributed by atoms with Crippen LogP contribution < -0.4 is 4.74 Å². The number of ether oxygens (including phenoxy) is 3. The third kappa shape index (κ3) is 2.54. The minimum absolute atomic E-state index is 0.191. The lowest BCUT2D eigenvalue weighted by Gasteiger charge is -2.66. The van der Waals surface area contributed by atoms with Crippen molar-refractivity contribution < 1.29 is 19.3 Å². The fourth-order valence-electron chi connectivity index (χ4n) is 7.15. The number of hydrogen-bond donors (Lipinski definition) is 1. The predicted molar refractivity (Wildman–Crippen MR) is 109 cm³/mol. The Kier molecular flexibility index (Phi) is 4.13. The Morgan fingerprint density at radius 3 is 2.72 bits per heavy atom. The summed E-state index contributed by atoms with van der Waals surface area (Å²) in [7, 11) is 1.73. The van der Waals surface area contributed by atoms with Crippen LogP contribution >= 0.6 is 0 Å². The molecule has 5 aliphatic rings. The summed E-state index contributed by atoms with van der Waals surface area (Å²) in [6, 6.07) is 6.68. The van der Waals surface area contributed by atoms with Gasteiger partial charge in [-0.1, -0.05) is 12.5 Å². The van der Waals surface area contributed by atoms with Crippen molar-refractivity contribution in [3.05, 3.63) is 29.3 Å². The van der Waals surface area contributed by atoms with E-state index in [2.05, 4.69) is 23.1 Å². The summed E-state index contributed by atoms with van der Waals surface area (Å²) < 4.78 is 17.9. The van der Waals surface area contributed by atoms with E-state index in [0.717, 1.165) is 56.9 Å². The quantitative estimate of drug-likeness (QED) is 0.847. The maximum atomic E-state index is 12.4. The lowest BCUT2D eigenvalue weighted by atomic mass is 9.48. The number of rotatable bonds is 3. The maximum absolute atomic E-state index is 12.4. The Balaban J connectivity index is 1.45. The van der Waals surface area contributed by atoms with Crippen molar-refractivity contribution in [2.45, 2.75) is 74.2 Å². The molecular weight excluding hydrogens is 366 g/mol. The molecule has 158 valence electrons. The van der Waals surface area contributed by atoms with E-state index in [0.29, 0.717) is 13.2 Å². The van der Waals surface area contributed by atoms with Crippen molar-refractivity contribution >= 4 is 0 Å². The van der Waals surface area contributed by atoms with E-state index in [1.165, 1.54) is 30.4 Å². The second-order valence-electron chi connectivity index (χ2n) is 10.1. The van der Waals surface area contributed by atoms with Crippen LogP contribution in [0.3, 0.4) is 0 Å². The van der Waals surface area contributed by atoms with Gasteiger partial charge in [-0.3, -0.25) is 4.90 Å². The molecule has 0 radical (unpaired) electrons. The number of methoxy groups -OCH3 is 1. The Morgan fingerprint density at radius 2 is 2.00 bits per heavy atom. The van der Waals surface area contributed by atoms with E-state index in [1.807, 2.05) is 0 Å².